The number of benzene rings is 1. The van der Waals surface area contributed by atoms with Gasteiger partial charge in [0.1, 0.15) is 11.6 Å². The quantitative estimate of drug-likeness (QED) is 0.610. The fourth-order valence-electron chi connectivity index (χ4n) is 3.76. The highest BCUT2D eigenvalue weighted by atomic mass is 35.5. The number of aromatic nitrogens is 4. The van der Waals surface area contributed by atoms with E-state index in [1.807, 2.05) is 19.1 Å². The molecule has 1 aliphatic heterocycles. The molecule has 0 atom stereocenters. The minimum atomic E-state index is -3.67. The summed E-state index contributed by atoms with van der Waals surface area (Å²) in [6.07, 6.45) is 2.38. The van der Waals surface area contributed by atoms with Crippen molar-refractivity contribution >= 4 is 33.3 Å². The summed E-state index contributed by atoms with van der Waals surface area (Å²) in [5.41, 5.74) is 1.50. The Hall–Kier alpha value is -2.69. The Balaban J connectivity index is 1.44. The third-order valence-corrected chi connectivity index (χ3v) is 7.66. The topological polar surface area (TPSA) is 102 Å². The molecule has 1 amide bonds. The number of amides is 1. The van der Waals surface area contributed by atoms with E-state index in [-0.39, 0.29) is 29.9 Å². The van der Waals surface area contributed by atoms with Crippen molar-refractivity contribution in [1.29, 1.82) is 0 Å². The lowest BCUT2D eigenvalue weighted by Gasteiger charge is -2.29. The summed E-state index contributed by atoms with van der Waals surface area (Å²) >= 11 is 6.10. The van der Waals surface area contributed by atoms with Gasteiger partial charge < -0.3 is 9.88 Å². The molecule has 3 aromatic rings. The Bertz CT molecular complexity index is 1240. The Kier molecular flexibility index (Phi) is 6.11. The molecule has 3 heterocycles. The van der Waals surface area contributed by atoms with E-state index in [1.54, 1.807) is 41.4 Å². The van der Waals surface area contributed by atoms with Gasteiger partial charge in [-0.2, -0.15) is 9.40 Å². The molecule has 0 spiro atoms. The molecular formula is C21H25ClN6O3S. The molecule has 0 saturated carbocycles. The second-order valence-corrected chi connectivity index (χ2v) is 10.3. The third-order valence-electron chi connectivity index (χ3n) is 5.65. The monoisotopic (exact) mass is 476 g/mol. The lowest BCUT2D eigenvalue weighted by atomic mass is 9.97. The fourth-order valence-corrected chi connectivity index (χ4v) is 5.44. The van der Waals surface area contributed by atoms with E-state index in [1.165, 1.54) is 10.5 Å². The van der Waals surface area contributed by atoms with Crippen LogP contribution in [0.2, 0.25) is 5.02 Å². The van der Waals surface area contributed by atoms with Gasteiger partial charge in [-0.25, -0.2) is 18.1 Å². The Morgan fingerprint density at radius 3 is 2.53 bits per heavy atom. The first-order valence-corrected chi connectivity index (χ1v) is 12.1. The number of sulfonamides is 1. The van der Waals surface area contributed by atoms with E-state index in [0.717, 1.165) is 11.4 Å². The SMILES string of the molecule is Cc1cc(NC(=O)C2CCN(S(=O)(=O)c3cn(C)c(C)n3)CC2)n(-c2cccc(Cl)c2)n1. The number of hydrogen-bond acceptors (Lipinski definition) is 5. The van der Waals surface area contributed by atoms with Crippen LogP contribution in [0.5, 0.6) is 0 Å². The van der Waals surface area contributed by atoms with Gasteiger partial charge in [0.05, 0.1) is 11.4 Å². The van der Waals surface area contributed by atoms with E-state index in [4.69, 9.17) is 11.6 Å². The molecule has 1 saturated heterocycles. The summed E-state index contributed by atoms with van der Waals surface area (Å²) < 4.78 is 30.5. The molecule has 11 heteroatoms. The molecule has 32 heavy (non-hydrogen) atoms. The molecule has 0 radical (unpaired) electrons. The van der Waals surface area contributed by atoms with Gasteiger partial charge >= 0.3 is 0 Å². The van der Waals surface area contributed by atoms with Crippen molar-refractivity contribution in [3.05, 3.63) is 53.1 Å². The van der Waals surface area contributed by atoms with E-state index in [2.05, 4.69) is 15.4 Å². The Labute approximate surface area is 192 Å². The van der Waals surface area contributed by atoms with Gasteiger partial charge in [0.2, 0.25) is 5.91 Å². The smallest absolute Gasteiger partial charge is 0.262 e. The molecule has 1 N–H and O–H groups in total. The highest BCUT2D eigenvalue weighted by molar-refractivity contribution is 7.89. The highest BCUT2D eigenvalue weighted by Gasteiger charge is 2.34. The van der Waals surface area contributed by atoms with Crippen LogP contribution in [0.3, 0.4) is 0 Å². The number of anilines is 1. The predicted molar refractivity (Wildman–Crippen MR) is 121 cm³/mol. The minimum absolute atomic E-state index is 0.0429. The molecule has 1 fully saturated rings. The van der Waals surface area contributed by atoms with Crippen LogP contribution in [0.4, 0.5) is 5.82 Å². The van der Waals surface area contributed by atoms with E-state index in [9.17, 15) is 13.2 Å². The molecule has 4 rings (SSSR count). The van der Waals surface area contributed by atoms with Gasteiger partial charge in [0.15, 0.2) is 5.03 Å². The third kappa shape index (κ3) is 4.43. The van der Waals surface area contributed by atoms with Gasteiger partial charge in [-0.3, -0.25) is 4.79 Å². The number of halogens is 1. The van der Waals surface area contributed by atoms with Crippen molar-refractivity contribution < 1.29 is 13.2 Å². The normalized spacial score (nSPS) is 15.8. The van der Waals surface area contributed by atoms with E-state index < -0.39 is 10.0 Å². The van der Waals surface area contributed by atoms with Gasteiger partial charge in [0, 0.05) is 43.3 Å². The van der Waals surface area contributed by atoms with Crippen molar-refractivity contribution in [1.82, 2.24) is 23.6 Å². The van der Waals surface area contributed by atoms with E-state index in [0.29, 0.717) is 29.5 Å². The van der Waals surface area contributed by atoms with Crippen molar-refractivity contribution in [2.75, 3.05) is 18.4 Å². The number of aryl methyl sites for hydroxylation is 3. The van der Waals surface area contributed by atoms with Crippen LogP contribution in [-0.4, -0.2) is 51.1 Å². The largest absolute Gasteiger partial charge is 0.337 e. The summed E-state index contributed by atoms with van der Waals surface area (Å²) in [7, 11) is -1.91. The molecule has 0 bridgehead atoms. The second kappa shape index (κ2) is 8.68. The number of hydrogen-bond donors (Lipinski definition) is 1. The van der Waals surface area contributed by atoms with Gasteiger partial charge in [-0.15, -0.1) is 0 Å². The molecule has 170 valence electrons. The first-order chi connectivity index (χ1) is 15.1. The van der Waals surface area contributed by atoms with Crippen LogP contribution < -0.4 is 5.32 Å². The summed E-state index contributed by atoms with van der Waals surface area (Å²) in [5, 5.41) is 8.02. The standard InChI is InChI=1S/C21H25ClN6O3S/c1-14-11-19(28(25-14)18-6-4-5-17(22)12-18)24-21(29)16-7-9-27(10-8-16)32(30,31)20-13-26(3)15(2)23-20/h4-6,11-13,16H,7-10H2,1-3H3,(H,24,29). The number of rotatable bonds is 5. The Morgan fingerprint density at radius 2 is 1.91 bits per heavy atom. The van der Waals surface area contributed by atoms with Crippen LogP contribution in [0.25, 0.3) is 5.69 Å². The first kappa shape index (κ1) is 22.5. The van der Waals surface area contributed by atoms with Crippen LogP contribution in [0.1, 0.15) is 24.4 Å². The van der Waals surface area contributed by atoms with Gasteiger partial charge in [-0.1, -0.05) is 17.7 Å². The maximum absolute atomic E-state index is 12.9. The zero-order valence-electron chi connectivity index (χ0n) is 18.1. The van der Waals surface area contributed by atoms with E-state index >= 15 is 0 Å². The first-order valence-electron chi connectivity index (χ1n) is 10.3. The summed E-state index contributed by atoms with van der Waals surface area (Å²) in [6, 6.07) is 9.01. The van der Waals surface area contributed by atoms with Crippen LogP contribution >= 0.6 is 11.6 Å². The van der Waals surface area contributed by atoms with Gasteiger partial charge in [-0.05, 0) is 44.9 Å². The average molecular weight is 477 g/mol. The molecular weight excluding hydrogens is 452 g/mol. The number of imidazole rings is 1. The van der Waals surface area contributed by atoms with Crippen molar-refractivity contribution in [3.63, 3.8) is 0 Å². The molecule has 1 aliphatic rings. The van der Waals surface area contributed by atoms with Crippen LogP contribution in [0, 0.1) is 19.8 Å². The molecule has 2 aromatic heterocycles. The zero-order chi connectivity index (χ0) is 23.0. The van der Waals surface area contributed by atoms with Crippen molar-refractivity contribution in [3.8, 4) is 5.69 Å². The summed E-state index contributed by atoms with van der Waals surface area (Å²) in [5.74, 6) is 0.729. The summed E-state index contributed by atoms with van der Waals surface area (Å²) in [4.78, 5) is 17.1. The number of carbonyl (C=O) groups excluding carboxylic acids is 1. The minimum Gasteiger partial charge on any atom is -0.337 e. The molecule has 9 nitrogen and oxygen atoms in total. The average Bonchev–Trinajstić information content (AvgIpc) is 3.30. The number of carbonyl (C=O) groups is 1. The lowest BCUT2D eigenvalue weighted by molar-refractivity contribution is -0.120. The molecule has 0 unspecified atom stereocenters. The zero-order valence-corrected chi connectivity index (χ0v) is 19.7. The summed E-state index contributed by atoms with van der Waals surface area (Å²) in [6.45, 7) is 4.13. The van der Waals surface area contributed by atoms with Crippen LogP contribution in [0.15, 0.2) is 41.6 Å². The lowest BCUT2D eigenvalue weighted by Crippen LogP contribution is -2.41. The molecule has 0 aliphatic carbocycles. The van der Waals surface area contributed by atoms with Crippen LogP contribution in [-0.2, 0) is 21.9 Å². The highest BCUT2D eigenvalue weighted by Crippen LogP contribution is 2.26. The predicted octanol–water partition coefficient (Wildman–Crippen LogP) is 2.92. The fraction of sp³-hybridized carbons (Fsp3) is 0.381. The van der Waals surface area contributed by atoms with Crippen molar-refractivity contribution in [2.24, 2.45) is 13.0 Å². The van der Waals surface area contributed by atoms with Crippen molar-refractivity contribution in [2.45, 2.75) is 31.7 Å². The molecule has 1 aromatic carbocycles. The maximum Gasteiger partial charge on any atom is 0.262 e. The Morgan fingerprint density at radius 1 is 1.19 bits per heavy atom. The maximum atomic E-state index is 12.9. The van der Waals surface area contributed by atoms with Gasteiger partial charge in [0.25, 0.3) is 10.0 Å². The number of piperidine rings is 1. The second-order valence-electron chi connectivity index (χ2n) is 7.97. The number of nitrogens with zero attached hydrogens (tertiary/aromatic N) is 5. The number of nitrogens with one attached hydrogen (secondary N) is 1.